The van der Waals surface area contributed by atoms with Crippen LogP contribution in [-0.2, 0) is 4.79 Å². The van der Waals surface area contributed by atoms with Gasteiger partial charge in [-0.15, -0.1) is 0 Å². The second-order valence-corrected chi connectivity index (χ2v) is 5.64. The number of ether oxygens (including phenoxy) is 3. The first-order valence-electron chi connectivity index (χ1n) is 8.12. The molecule has 0 bridgehead atoms. The summed E-state index contributed by atoms with van der Waals surface area (Å²) in [5.74, 6) is 0.268. The Bertz CT molecular complexity index is 971. The van der Waals surface area contributed by atoms with Gasteiger partial charge >= 0.3 is 0 Å². The number of Topliss-reactive ketones (excluding diaryl/α,β-unsaturated/α-hetero) is 1. The maximum absolute atomic E-state index is 12.6. The van der Waals surface area contributed by atoms with E-state index in [-0.39, 0.29) is 12.2 Å². The molecule has 8 heteroatoms. The fourth-order valence-electron chi connectivity index (χ4n) is 2.73. The van der Waals surface area contributed by atoms with Crippen LogP contribution in [0.5, 0.6) is 17.2 Å². The number of hydrogen-bond acceptors (Lipinski definition) is 6. The molecule has 0 aliphatic carbocycles. The average Bonchev–Trinajstić information content (AvgIpc) is 3.16. The molecule has 3 aromatic rings. The summed E-state index contributed by atoms with van der Waals surface area (Å²) >= 11 is 0. The molecule has 1 aromatic carbocycles. The second-order valence-electron chi connectivity index (χ2n) is 5.64. The third-order valence-corrected chi connectivity index (χ3v) is 4.00. The topological polar surface area (TPSA) is 91.2 Å². The highest BCUT2D eigenvalue weighted by atomic mass is 16.5. The zero-order valence-electron chi connectivity index (χ0n) is 15.2. The molecule has 0 spiro atoms. The first kappa shape index (κ1) is 18.2. The van der Waals surface area contributed by atoms with Gasteiger partial charge in [0.2, 0.25) is 11.7 Å². The smallest absolute Gasteiger partial charge is 0.232 e. The number of methoxy groups -OCH3 is 3. The Balaban J connectivity index is 1.78. The molecular formula is C19H19N3O5. The van der Waals surface area contributed by atoms with Crippen LogP contribution in [-0.4, -0.2) is 42.4 Å². The number of amides is 1. The summed E-state index contributed by atoms with van der Waals surface area (Å²) < 4.78 is 17.5. The summed E-state index contributed by atoms with van der Waals surface area (Å²) in [6.45, 7) is 0. The molecule has 0 unspecified atom stereocenters. The largest absolute Gasteiger partial charge is 0.493 e. The highest BCUT2D eigenvalue weighted by molar-refractivity contribution is 6.12. The first-order valence-corrected chi connectivity index (χ1v) is 8.12. The van der Waals surface area contributed by atoms with E-state index in [0.717, 1.165) is 0 Å². The summed E-state index contributed by atoms with van der Waals surface area (Å²) in [5.41, 5.74) is 1.43. The molecule has 0 saturated heterocycles. The molecule has 3 rings (SSSR count). The highest BCUT2D eigenvalue weighted by Crippen LogP contribution is 2.38. The van der Waals surface area contributed by atoms with Crippen molar-refractivity contribution in [2.45, 2.75) is 6.42 Å². The van der Waals surface area contributed by atoms with Gasteiger partial charge in [0.1, 0.15) is 0 Å². The number of carbonyl (C=O) groups is 2. The van der Waals surface area contributed by atoms with Gasteiger partial charge < -0.3 is 23.9 Å². The van der Waals surface area contributed by atoms with Gasteiger partial charge in [0.25, 0.3) is 0 Å². The number of benzene rings is 1. The predicted molar refractivity (Wildman–Crippen MR) is 98.9 cm³/mol. The van der Waals surface area contributed by atoms with Gasteiger partial charge in [-0.2, -0.15) is 0 Å². The molecular weight excluding hydrogens is 350 g/mol. The van der Waals surface area contributed by atoms with E-state index in [0.29, 0.717) is 34.1 Å². The van der Waals surface area contributed by atoms with Crippen molar-refractivity contribution in [1.29, 1.82) is 0 Å². The van der Waals surface area contributed by atoms with Gasteiger partial charge in [0.15, 0.2) is 22.9 Å². The van der Waals surface area contributed by atoms with Crippen molar-refractivity contribution in [3.63, 3.8) is 0 Å². The normalized spacial score (nSPS) is 10.5. The Kier molecular flexibility index (Phi) is 5.25. The van der Waals surface area contributed by atoms with Crippen LogP contribution in [0.1, 0.15) is 16.8 Å². The number of ketones is 1. The number of aromatic nitrogens is 2. The molecule has 0 fully saturated rings. The number of fused-ring (bicyclic) bond motifs is 1. The number of anilines is 1. The van der Waals surface area contributed by atoms with Crippen LogP contribution in [0, 0.1) is 0 Å². The summed E-state index contributed by atoms with van der Waals surface area (Å²) in [5, 5.41) is 2.72. The van der Waals surface area contributed by atoms with Crippen LogP contribution in [0.15, 0.2) is 42.9 Å². The molecule has 0 radical (unpaired) electrons. The Morgan fingerprint density at radius 3 is 2.41 bits per heavy atom. The molecule has 0 saturated carbocycles. The van der Waals surface area contributed by atoms with Crippen molar-refractivity contribution in [2.24, 2.45) is 0 Å². The Labute approximate surface area is 155 Å². The average molecular weight is 369 g/mol. The number of pyridine rings is 1. The predicted octanol–water partition coefficient (Wildman–Crippen LogP) is 2.57. The maximum Gasteiger partial charge on any atom is 0.232 e. The van der Waals surface area contributed by atoms with Gasteiger partial charge in [0, 0.05) is 24.2 Å². The first-order chi connectivity index (χ1) is 13.1. The van der Waals surface area contributed by atoms with Crippen molar-refractivity contribution in [3.05, 3.63) is 48.4 Å². The molecule has 8 nitrogen and oxygen atoms in total. The van der Waals surface area contributed by atoms with Crippen LogP contribution in [0.25, 0.3) is 5.65 Å². The lowest BCUT2D eigenvalue weighted by molar-refractivity contribution is -0.115. The zero-order chi connectivity index (χ0) is 19.4. The summed E-state index contributed by atoms with van der Waals surface area (Å²) in [7, 11) is 4.40. The van der Waals surface area contributed by atoms with E-state index in [1.807, 2.05) is 6.20 Å². The Hall–Kier alpha value is -3.55. The molecule has 140 valence electrons. The number of imidazole rings is 1. The highest BCUT2D eigenvalue weighted by Gasteiger charge is 2.19. The van der Waals surface area contributed by atoms with Gasteiger partial charge in [0.05, 0.1) is 33.4 Å². The van der Waals surface area contributed by atoms with Gasteiger partial charge in [-0.3, -0.25) is 9.59 Å². The number of carbonyl (C=O) groups excluding carboxylic acids is 2. The van der Waals surface area contributed by atoms with E-state index in [1.54, 1.807) is 28.9 Å². The van der Waals surface area contributed by atoms with Crippen molar-refractivity contribution in [1.82, 2.24) is 9.38 Å². The zero-order valence-corrected chi connectivity index (χ0v) is 15.2. The van der Waals surface area contributed by atoms with Crippen LogP contribution < -0.4 is 19.5 Å². The number of hydrogen-bond donors (Lipinski definition) is 1. The summed E-state index contributed by atoms with van der Waals surface area (Å²) in [6.07, 6.45) is 4.89. The Morgan fingerprint density at radius 1 is 1.07 bits per heavy atom. The lowest BCUT2D eigenvalue weighted by Crippen LogP contribution is -2.17. The maximum atomic E-state index is 12.6. The third-order valence-electron chi connectivity index (χ3n) is 4.00. The van der Waals surface area contributed by atoms with E-state index >= 15 is 0 Å². The molecule has 1 N–H and O–H groups in total. The number of nitrogens with zero attached hydrogens (tertiary/aromatic N) is 2. The Morgan fingerprint density at radius 2 is 1.78 bits per heavy atom. The minimum absolute atomic E-state index is 0.290. The van der Waals surface area contributed by atoms with E-state index in [2.05, 4.69) is 10.3 Å². The number of nitrogens with one attached hydrogen (secondary N) is 1. The van der Waals surface area contributed by atoms with E-state index in [1.165, 1.54) is 33.5 Å². The van der Waals surface area contributed by atoms with Crippen molar-refractivity contribution in [3.8, 4) is 17.2 Å². The minimum atomic E-state index is -0.440. The van der Waals surface area contributed by atoms with Gasteiger partial charge in [-0.05, 0) is 24.3 Å². The standard InChI is InChI=1S/C19H19N3O5/c1-25-15-9-12(10-16(26-2)18(15)27-3)14(23)11-17(24)21-13-5-4-7-22-8-6-20-19(13)22/h4-10H,11H2,1-3H3,(H,21,24). The molecule has 2 heterocycles. The molecule has 0 atom stereocenters. The number of rotatable bonds is 7. The molecule has 1 amide bonds. The van der Waals surface area contributed by atoms with Gasteiger partial charge in [-0.25, -0.2) is 4.98 Å². The summed E-state index contributed by atoms with van der Waals surface area (Å²) in [6, 6.07) is 6.55. The molecule has 27 heavy (non-hydrogen) atoms. The lowest BCUT2D eigenvalue weighted by atomic mass is 10.1. The fraction of sp³-hybridized carbons (Fsp3) is 0.211. The monoisotopic (exact) mass is 369 g/mol. The van der Waals surface area contributed by atoms with E-state index in [4.69, 9.17) is 14.2 Å². The van der Waals surface area contributed by atoms with Crippen molar-refractivity contribution >= 4 is 23.0 Å². The molecule has 0 aliphatic heterocycles. The third kappa shape index (κ3) is 3.69. The minimum Gasteiger partial charge on any atom is -0.493 e. The van der Waals surface area contributed by atoms with Gasteiger partial charge in [-0.1, -0.05) is 0 Å². The van der Waals surface area contributed by atoms with Crippen LogP contribution in [0.4, 0.5) is 5.69 Å². The fourth-order valence-corrected chi connectivity index (χ4v) is 2.73. The lowest BCUT2D eigenvalue weighted by Gasteiger charge is -2.13. The van der Waals surface area contributed by atoms with E-state index < -0.39 is 5.91 Å². The quantitative estimate of drug-likeness (QED) is 0.508. The van der Waals surface area contributed by atoms with Crippen LogP contribution in [0.3, 0.4) is 0 Å². The van der Waals surface area contributed by atoms with Crippen LogP contribution >= 0.6 is 0 Å². The van der Waals surface area contributed by atoms with E-state index in [9.17, 15) is 9.59 Å². The van der Waals surface area contributed by atoms with Crippen molar-refractivity contribution < 1.29 is 23.8 Å². The van der Waals surface area contributed by atoms with Crippen molar-refractivity contribution in [2.75, 3.05) is 26.6 Å². The SMILES string of the molecule is COc1cc(C(=O)CC(=O)Nc2cccn3ccnc23)cc(OC)c1OC. The second kappa shape index (κ2) is 7.77. The van der Waals surface area contributed by atoms with Crippen LogP contribution in [0.2, 0.25) is 0 Å². The molecule has 2 aromatic heterocycles. The molecule has 0 aliphatic rings. The summed E-state index contributed by atoms with van der Waals surface area (Å²) in [4.78, 5) is 29.1.